The van der Waals surface area contributed by atoms with Gasteiger partial charge in [0.05, 0.1) is 6.10 Å². The lowest BCUT2D eigenvalue weighted by molar-refractivity contribution is 0.100. The lowest BCUT2D eigenvalue weighted by Gasteiger charge is -2.38. The van der Waals surface area contributed by atoms with E-state index in [4.69, 9.17) is 11.6 Å². The number of benzene rings is 2. The molecule has 1 atom stereocenters. The minimum atomic E-state index is -0.265. The fraction of sp³-hybridized carbons (Fsp3) is 0.478. The number of nitrogens with zero attached hydrogens (tertiary/aromatic N) is 2. The Labute approximate surface area is 168 Å². The number of hydrogen-bond donors (Lipinski definition) is 1. The predicted molar refractivity (Wildman–Crippen MR) is 115 cm³/mol. The molecule has 1 N–H and O–H groups in total. The van der Waals surface area contributed by atoms with Gasteiger partial charge in [-0.25, -0.2) is 0 Å². The molecule has 1 saturated heterocycles. The van der Waals surface area contributed by atoms with Crippen LogP contribution in [0.1, 0.15) is 29.5 Å². The lowest BCUT2D eigenvalue weighted by atomic mass is 10.0. The molecule has 1 unspecified atom stereocenters. The van der Waals surface area contributed by atoms with Crippen molar-refractivity contribution in [3.8, 4) is 0 Å². The summed E-state index contributed by atoms with van der Waals surface area (Å²) in [6, 6.07) is 14.5. The summed E-state index contributed by atoms with van der Waals surface area (Å²) in [5, 5.41) is 11.3. The molecule has 27 heavy (non-hydrogen) atoms. The van der Waals surface area contributed by atoms with Crippen LogP contribution in [0.3, 0.4) is 0 Å². The summed E-state index contributed by atoms with van der Waals surface area (Å²) < 4.78 is 0. The summed E-state index contributed by atoms with van der Waals surface area (Å²) in [7, 11) is 0. The molecule has 3 nitrogen and oxygen atoms in total. The fourth-order valence-corrected chi connectivity index (χ4v) is 4.31. The van der Waals surface area contributed by atoms with Crippen molar-refractivity contribution in [3.05, 3.63) is 64.2 Å². The second kappa shape index (κ2) is 9.59. The molecule has 0 aliphatic carbocycles. The third-order valence-electron chi connectivity index (χ3n) is 5.54. The van der Waals surface area contributed by atoms with E-state index >= 15 is 0 Å². The Kier molecular flexibility index (Phi) is 7.17. The molecule has 0 radical (unpaired) electrons. The van der Waals surface area contributed by atoms with E-state index in [0.29, 0.717) is 0 Å². The van der Waals surface area contributed by atoms with Crippen LogP contribution in [0.5, 0.6) is 0 Å². The van der Waals surface area contributed by atoms with Crippen LogP contribution < -0.4 is 4.90 Å². The maximum Gasteiger partial charge on any atom is 0.0667 e. The van der Waals surface area contributed by atoms with Gasteiger partial charge in [-0.2, -0.15) is 0 Å². The molecule has 4 heteroatoms. The van der Waals surface area contributed by atoms with Crippen molar-refractivity contribution in [2.75, 3.05) is 37.6 Å². The minimum absolute atomic E-state index is 0.265. The standard InChI is InChI=1S/C23H31ClN2O/c1-18-7-5-8-19(2)23(18)26-15-13-25(14-16-26)17-21(27)11-6-10-20-9-3-4-12-22(20)24/h3-5,7-9,12,21,27H,6,10-11,13-17H2,1-2H3. The zero-order valence-corrected chi connectivity index (χ0v) is 17.3. The molecule has 0 amide bonds. The largest absolute Gasteiger partial charge is 0.392 e. The van der Waals surface area contributed by atoms with Gasteiger partial charge in [-0.3, -0.25) is 4.90 Å². The number of piperazine rings is 1. The minimum Gasteiger partial charge on any atom is -0.392 e. The molecule has 2 aromatic rings. The normalized spacial score (nSPS) is 16.5. The van der Waals surface area contributed by atoms with Crippen molar-refractivity contribution in [2.45, 2.75) is 39.2 Å². The molecule has 0 bridgehead atoms. The van der Waals surface area contributed by atoms with Gasteiger partial charge < -0.3 is 10.0 Å². The lowest BCUT2D eigenvalue weighted by Crippen LogP contribution is -2.49. The van der Waals surface area contributed by atoms with Gasteiger partial charge in [0.15, 0.2) is 0 Å². The van der Waals surface area contributed by atoms with Crippen LogP contribution >= 0.6 is 11.6 Å². The van der Waals surface area contributed by atoms with E-state index in [1.54, 1.807) is 0 Å². The van der Waals surface area contributed by atoms with E-state index in [1.165, 1.54) is 22.4 Å². The number of aliphatic hydroxyl groups excluding tert-OH is 1. The van der Waals surface area contributed by atoms with Crippen molar-refractivity contribution in [3.63, 3.8) is 0 Å². The summed E-state index contributed by atoms with van der Waals surface area (Å²) in [6.45, 7) is 9.22. The molecule has 1 heterocycles. The molecular weight excluding hydrogens is 356 g/mol. The van der Waals surface area contributed by atoms with Crippen LogP contribution in [-0.4, -0.2) is 48.8 Å². The van der Waals surface area contributed by atoms with E-state index in [0.717, 1.165) is 57.0 Å². The second-order valence-electron chi connectivity index (χ2n) is 7.67. The van der Waals surface area contributed by atoms with Gasteiger partial charge in [0, 0.05) is 43.4 Å². The number of rotatable bonds is 7. The van der Waals surface area contributed by atoms with Gasteiger partial charge >= 0.3 is 0 Å². The summed E-state index contributed by atoms with van der Waals surface area (Å²) in [4.78, 5) is 4.88. The van der Waals surface area contributed by atoms with E-state index in [9.17, 15) is 5.11 Å². The Morgan fingerprint density at radius 2 is 1.63 bits per heavy atom. The Morgan fingerprint density at radius 3 is 2.30 bits per heavy atom. The molecular formula is C23H31ClN2O. The van der Waals surface area contributed by atoms with Crippen LogP contribution in [0, 0.1) is 13.8 Å². The van der Waals surface area contributed by atoms with Crippen molar-refractivity contribution >= 4 is 17.3 Å². The first kappa shape index (κ1) is 20.2. The van der Waals surface area contributed by atoms with Gasteiger partial charge in [-0.15, -0.1) is 0 Å². The maximum absolute atomic E-state index is 10.4. The predicted octanol–water partition coefficient (Wildman–Crippen LogP) is 4.46. The number of aryl methyl sites for hydroxylation is 3. The third kappa shape index (κ3) is 5.47. The summed E-state index contributed by atoms with van der Waals surface area (Å²) in [5.41, 5.74) is 5.26. The van der Waals surface area contributed by atoms with Crippen molar-refractivity contribution in [1.82, 2.24) is 4.90 Å². The molecule has 1 aliphatic rings. The van der Waals surface area contributed by atoms with Gasteiger partial charge in [0.2, 0.25) is 0 Å². The summed E-state index contributed by atoms with van der Waals surface area (Å²) in [5.74, 6) is 0. The molecule has 2 aromatic carbocycles. The van der Waals surface area contributed by atoms with Gasteiger partial charge in [-0.05, 0) is 55.9 Å². The molecule has 0 spiro atoms. The van der Waals surface area contributed by atoms with E-state index in [-0.39, 0.29) is 6.10 Å². The first-order valence-corrected chi connectivity index (χ1v) is 10.4. The smallest absolute Gasteiger partial charge is 0.0667 e. The quantitative estimate of drug-likeness (QED) is 0.760. The highest BCUT2D eigenvalue weighted by Gasteiger charge is 2.21. The SMILES string of the molecule is Cc1cccc(C)c1N1CCN(CC(O)CCCc2ccccc2Cl)CC1. The van der Waals surface area contributed by atoms with Crippen LogP contribution in [0.2, 0.25) is 5.02 Å². The fourth-order valence-electron chi connectivity index (χ4n) is 4.08. The molecule has 0 saturated carbocycles. The number of para-hydroxylation sites is 1. The number of halogens is 1. The van der Waals surface area contributed by atoms with Gasteiger partial charge in [0.25, 0.3) is 0 Å². The highest BCUT2D eigenvalue weighted by molar-refractivity contribution is 6.31. The zero-order valence-electron chi connectivity index (χ0n) is 16.5. The first-order chi connectivity index (χ1) is 13.0. The highest BCUT2D eigenvalue weighted by Crippen LogP contribution is 2.25. The highest BCUT2D eigenvalue weighted by atomic mass is 35.5. The molecule has 146 valence electrons. The van der Waals surface area contributed by atoms with E-state index in [2.05, 4.69) is 47.9 Å². The average molecular weight is 387 g/mol. The van der Waals surface area contributed by atoms with E-state index < -0.39 is 0 Å². The second-order valence-corrected chi connectivity index (χ2v) is 8.07. The van der Waals surface area contributed by atoms with Gasteiger partial charge in [-0.1, -0.05) is 48.0 Å². The Balaban J connectivity index is 1.42. The van der Waals surface area contributed by atoms with Crippen LogP contribution in [0.15, 0.2) is 42.5 Å². The molecule has 1 fully saturated rings. The van der Waals surface area contributed by atoms with Gasteiger partial charge in [0.1, 0.15) is 0 Å². The Morgan fingerprint density at radius 1 is 0.963 bits per heavy atom. The van der Waals surface area contributed by atoms with Crippen molar-refractivity contribution in [2.24, 2.45) is 0 Å². The number of anilines is 1. The van der Waals surface area contributed by atoms with Crippen molar-refractivity contribution < 1.29 is 5.11 Å². The Hall–Kier alpha value is -1.55. The summed E-state index contributed by atoms with van der Waals surface area (Å²) in [6.07, 6.45) is 2.45. The van der Waals surface area contributed by atoms with E-state index in [1.807, 2.05) is 18.2 Å². The number of aliphatic hydroxyl groups is 1. The number of β-amino-alcohol motifs (C(OH)–C–C–N with tert-alkyl or cyclic N) is 1. The van der Waals surface area contributed by atoms with Crippen LogP contribution in [-0.2, 0) is 6.42 Å². The maximum atomic E-state index is 10.4. The average Bonchev–Trinajstić information content (AvgIpc) is 2.64. The third-order valence-corrected chi connectivity index (χ3v) is 5.91. The molecule has 0 aromatic heterocycles. The zero-order chi connectivity index (χ0) is 19.2. The van der Waals surface area contributed by atoms with Crippen LogP contribution in [0.4, 0.5) is 5.69 Å². The van der Waals surface area contributed by atoms with Crippen LogP contribution in [0.25, 0.3) is 0 Å². The first-order valence-electron chi connectivity index (χ1n) is 9.99. The molecule has 1 aliphatic heterocycles. The Bertz CT molecular complexity index is 721. The van der Waals surface area contributed by atoms with Crippen molar-refractivity contribution in [1.29, 1.82) is 0 Å². The monoisotopic (exact) mass is 386 g/mol. The molecule has 3 rings (SSSR count). The number of hydrogen-bond acceptors (Lipinski definition) is 3. The topological polar surface area (TPSA) is 26.7 Å². The summed E-state index contributed by atoms with van der Waals surface area (Å²) >= 11 is 6.21.